The second-order valence-electron chi connectivity index (χ2n) is 9.77. The predicted octanol–water partition coefficient (Wildman–Crippen LogP) is 5.00. The maximum absolute atomic E-state index is 14.4. The quantitative estimate of drug-likeness (QED) is 0.462. The Labute approximate surface area is 228 Å². The van der Waals surface area contributed by atoms with Crippen LogP contribution in [0.4, 0.5) is 18.9 Å². The highest BCUT2D eigenvalue weighted by Crippen LogP contribution is 2.39. The number of halogens is 3. The van der Waals surface area contributed by atoms with Gasteiger partial charge in [0.15, 0.2) is 0 Å². The summed E-state index contributed by atoms with van der Waals surface area (Å²) < 4.78 is 39.6. The molecule has 39 heavy (non-hydrogen) atoms. The SMILES string of the molecule is CC.CN(Cc1ccc(C2=NN=C(C(F)F)C2)cc1F)c1ccccc1.O=CN1CCC2(CC1)CN(C=O)C2. The van der Waals surface area contributed by atoms with Crippen LogP contribution in [0.1, 0.15) is 44.2 Å². The molecule has 2 amide bonds. The van der Waals surface area contributed by atoms with Gasteiger partial charge in [0.2, 0.25) is 12.8 Å². The minimum absolute atomic E-state index is 0.0413. The van der Waals surface area contributed by atoms with Crippen LogP contribution < -0.4 is 4.90 Å². The van der Waals surface area contributed by atoms with Crippen molar-refractivity contribution in [2.45, 2.75) is 46.1 Å². The Hall–Kier alpha value is -3.69. The summed E-state index contributed by atoms with van der Waals surface area (Å²) in [5.74, 6) is -0.386. The van der Waals surface area contributed by atoms with Crippen molar-refractivity contribution in [2.24, 2.45) is 15.6 Å². The van der Waals surface area contributed by atoms with Crippen molar-refractivity contribution in [1.82, 2.24) is 9.80 Å². The van der Waals surface area contributed by atoms with E-state index in [1.54, 1.807) is 17.0 Å². The first kappa shape index (κ1) is 29.9. The number of para-hydroxylation sites is 1. The van der Waals surface area contributed by atoms with Crippen LogP contribution >= 0.6 is 0 Å². The molecular weight excluding hydrogens is 507 g/mol. The van der Waals surface area contributed by atoms with Crippen molar-refractivity contribution < 1.29 is 22.8 Å². The molecule has 210 valence electrons. The number of amides is 2. The van der Waals surface area contributed by atoms with E-state index in [9.17, 15) is 22.8 Å². The van der Waals surface area contributed by atoms with Gasteiger partial charge in [0.05, 0.1) is 5.71 Å². The van der Waals surface area contributed by atoms with Gasteiger partial charge in [0.1, 0.15) is 11.5 Å². The molecule has 2 fully saturated rings. The molecule has 2 aromatic carbocycles. The van der Waals surface area contributed by atoms with E-state index < -0.39 is 6.43 Å². The Morgan fingerprint density at radius 3 is 2.15 bits per heavy atom. The highest BCUT2D eigenvalue weighted by Gasteiger charge is 2.44. The molecule has 0 bridgehead atoms. The molecule has 0 atom stereocenters. The van der Waals surface area contributed by atoms with Gasteiger partial charge in [-0.2, -0.15) is 10.2 Å². The predicted molar refractivity (Wildman–Crippen MR) is 148 cm³/mol. The first-order chi connectivity index (χ1) is 18.8. The highest BCUT2D eigenvalue weighted by molar-refractivity contribution is 6.15. The molecule has 10 heteroatoms. The van der Waals surface area contributed by atoms with Crippen LogP contribution in [-0.2, 0) is 16.1 Å². The average molecular weight is 544 g/mol. The standard InChI is InChI=1S/C18H16F3N3.C9H14N2O2.C2H6/c1-24(14-5-3-2-4-6-14)11-13-8-7-12(9-15(13)19)16-10-17(18(20)21)23-22-16;12-7-10-3-1-9(2-4-10)5-11(6-9)8-13;1-2/h2-9,18H,10-11H2,1H3;7-8H,1-6H2;1-2H3. The smallest absolute Gasteiger partial charge is 0.278 e. The largest absolute Gasteiger partial charge is 0.370 e. The fraction of sp³-hybridized carbons (Fsp3) is 0.448. The maximum Gasteiger partial charge on any atom is 0.278 e. The van der Waals surface area contributed by atoms with Gasteiger partial charge in [-0.05, 0) is 31.0 Å². The number of carbonyl (C=O) groups excluding carboxylic acids is 2. The Morgan fingerprint density at radius 1 is 0.974 bits per heavy atom. The van der Waals surface area contributed by atoms with Crippen molar-refractivity contribution in [2.75, 3.05) is 38.1 Å². The van der Waals surface area contributed by atoms with Crippen LogP contribution in [0, 0.1) is 11.2 Å². The number of piperidine rings is 1. The van der Waals surface area contributed by atoms with E-state index in [0.29, 0.717) is 28.8 Å². The molecule has 0 saturated carbocycles. The summed E-state index contributed by atoms with van der Waals surface area (Å²) in [6, 6.07) is 14.3. The lowest BCUT2D eigenvalue weighted by molar-refractivity contribution is -0.135. The Balaban J connectivity index is 0.000000236. The van der Waals surface area contributed by atoms with Crippen molar-refractivity contribution in [3.8, 4) is 0 Å². The molecule has 5 rings (SSSR count). The number of benzene rings is 2. The maximum atomic E-state index is 14.4. The number of alkyl halides is 2. The topological polar surface area (TPSA) is 68.6 Å². The molecule has 1 spiro atoms. The Bertz CT molecular complexity index is 1160. The van der Waals surface area contributed by atoms with Gasteiger partial charge in [-0.15, -0.1) is 0 Å². The van der Waals surface area contributed by atoms with Crippen molar-refractivity contribution in [3.05, 3.63) is 65.5 Å². The van der Waals surface area contributed by atoms with Crippen LogP contribution in [-0.4, -0.2) is 73.7 Å². The monoisotopic (exact) mass is 543 g/mol. The van der Waals surface area contributed by atoms with E-state index in [1.165, 1.54) is 6.07 Å². The second kappa shape index (κ2) is 13.9. The fourth-order valence-corrected chi connectivity index (χ4v) is 4.84. The van der Waals surface area contributed by atoms with Gasteiger partial charge in [-0.1, -0.05) is 44.2 Å². The van der Waals surface area contributed by atoms with Gasteiger partial charge in [0, 0.05) is 68.4 Å². The number of nitrogens with zero attached hydrogens (tertiary/aromatic N) is 5. The summed E-state index contributed by atoms with van der Waals surface area (Å²) in [5.41, 5.74) is 2.43. The molecular formula is C29H36F3N5O2. The summed E-state index contributed by atoms with van der Waals surface area (Å²) >= 11 is 0. The van der Waals surface area contributed by atoms with Crippen molar-refractivity contribution in [1.29, 1.82) is 0 Å². The zero-order chi connectivity index (χ0) is 28.4. The molecule has 7 nitrogen and oxygen atoms in total. The molecule has 0 N–H and O–H groups in total. The molecule has 0 aliphatic carbocycles. The number of likely N-dealkylation sites (tertiary alicyclic amines) is 2. The molecule has 0 aromatic heterocycles. The number of anilines is 1. The van der Waals surface area contributed by atoms with Crippen LogP contribution in [0.5, 0.6) is 0 Å². The molecule has 3 heterocycles. The van der Waals surface area contributed by atoms with E-state index in [-0.39, 0.29) is 17.9 Å². The molecule has 0 radical (unpaired) electrons. The normalized spacial score (nSPS) is 17.2. The lowest BCUT2D eigenvalue weighted by Crippen LogP contribution is -2.59. The van der Waals surface area contributed by atoms with E-state index in [0.717, 1.165) is 57.5 Å². The van der Waals surface area contributed by atoms with Crippen LogP contribution in [0.2, 0.25) is 0 Å². The molecule has 0 unspecified atom stereocenters. The van der Waals surface area contributed by atoms with E-state index in [4.69, 9.17) is 0 Å². The summed E-state index contributed by atoms with van der Waals surface area (Å²) in [6.07, 6.45) is 1.27. The van der Waals surface area contributed by atoms with Crippen molar-refractivity contribution in [3.63, 3.8) is 0 Å². The highest BCUT2D eigenvalue weighted by atomic mass is 19.3. The third kappa shape index (κ3) is 7.68. The van der Waals surface area contributed by atoms with Gasteiger partial charge >= 0.3 is 0 Å². The summed E-state index contributed by atoms with van der Waals surface area (Å²) in [6.45, 7) is 7.90. The minimum atomic E-state index is -2.63. The van der Waals surface area contributed by atoms with Crippen LogP contribution in [0.15, 0.2) is 58.7 Å². The van der Waals surface area contributed by atoms with Crippen LogP contribution in [0.25, 0.3) is 0 Å². The third-order valence-electron chi connectivity index (χ3n) is 7.12. The fourth-order valence-electron chi connectivity index (χ4n) is 4.84. The summed E-state index contributed by atoms with van der Waals surface area (Å²) in [4.78, 5) is 26.4. The summed E-state index contributed by atoms with van der Waals surface area (Å²) in [7, 11) is 1.88. The number of hydrogen-bond acceptors (Lipinski definition) is 5. The van der Waals surface area contributed by atoms with E-state index in [1.807, 2.05) is 61.0 Å². The zero-order valence-corrected chi connectivity index (χ0v) is 22.7. The lowest BCUT2D eigenvalue weighted by Gasteiger charge is -2.52. The molecule has 3 aliphatic rings. The third-order valence-corrected chi connectivity index (χ3v) is 7.12. The molecule has 2 aromatic rings. The number of rotatable bonds is 7. The Morgan fingerprint density at radius 2 is 1.62 bits per heavy atom. The van der Waals surface area contributed by atoms with Gasteiger partial charge < -0.3 is 14.7 Å². The minimum Gasteiger partial charge on any atom is -0.370 e. The first-order valence-corrected chi connectivity index (χ1v) is 13.2. The van der Waals surface area contributed by atoms with Crippen molar-refractivity contribution >= 4 is 29.9 Å². The van der Waals surface area contributed by atoms with Gasteiger partial charge in [-0.25, -0.2) is 13.2 Å². The van der Waals surface area contributed by atoms with E-state index in [2.05, 4.69) is 10.2 Å². The second-order valence-corrected chi connectivity index (χ2v) is 9.77. The van der Waals surface area contributed by atoms with Gasteiger partial charge in [-0.3, -0.25) is 9.59 Å². The molecule has 3 aliphatic heterocycles. The molecule has 2 saturated heterocycles. The number of carbonyl (C=O) groups is 2. The number of hydrogen-bond donors (Lipinski definition) is 0. The zero-order valence-electron chi connectivity index (χ0n) is 22.7. The van der Waals surface area contributed by atoms with Gasteiger partial charge in [0.25, 0.3) is 6.43 Å². The van der Waals surface area contributed by atoms with E-state index >= 15 is 0 Å². The first-order valence-electron chi connectivity index (χ1n) is 13.2. The van der Waals surface area contributed by atoms with Crippen LogP contribution in [0.3, 0.4) is 0 Å². The Kier molecular flexibility index (Phi) is 10.7. The lowest BCUT2D eigenvalue weighted by atomic mass is 9.72. The average Bonchev–Trinajstić information content (AvgIpc) is 3.46. The summed E-state index contributed by atoms with van der Waals surface area (Å²) in [5, 5.41) is 7.19.